The molecule has 0 amide bonds. The number of allylic oxidation sites excluding steroid dienone is 2. The van der Waals surface area contributed by atoms with Crippen LogP contribution >= 0.6 is 0 Å². The first-order chi connectivity index (χ1) is 12.7. The van der Waals surface area contributed by atoms with Gasteiger partial charge in [0.2, 0.25) is 0 Å². The van der Waals surface area contributed by atoms with Gasteiger partial charge in [-0.25, -0.2) is 0 Å². The quantitative estimate of drug-likeness (QED) is 0.183. The lowest BCUT2D eigenvalue weighted by Gasteiger charge is -2.15. The molecule has 0 spiro atoms. The molecule has 4 nitrogen and oxygen atoms in total. The minimum absolute atomic E-state index is 0.182. The lowest BCUT2D eigenvalue weighted by Crippen LogP contribution is -2.27. The van der Waals surface area contributed by atoms with E-state index in [1.54, 1.807) is 6.92 Å². The van der Waals surface area contributed by atoms with Crippen LogP contribution in [0, 0.1) is 0 Å². The Labute approximate surface area is 161 Å². The first kappa shape index (κ1) is 25.1. The van der Waals surface area contributed by atoms with Crippen LogP contribution in [0.4, 0.5) is 0 Å². The lowest BCUT2D eigenvalue weighted by molar-refractivity contribution is -0.154. The van der Waals surface area contributed by atoms with Gasteiger partial charge in [-0.2, -0.15) is 0 Å². The monoisotopic (exact) mass is 370 g/mol. The molecule has 154 valence electrons. The maximum Gasteiger partial charge on any atom is 0.305 e. The second-order valence-electron chi connectivity index (χ2n) is 6.95. The third-order valence-electron chi connectivity index (χ3n) is 4.39. The number of carbonyl (C=O) groups excluding carboxylic acids is 1. The fourth-order valence-electron chi connectivity index (χ4n) is 2.71. The average molecular weight is 371 g/mol. The van der Waals surface area contributed by atoms with Crippen molar-refractivity contribution in [3.63, 3.8) is 0 Å². The van der Waals surface area contributed by atoms with Crippen LogP contribution in [-0.2, 0) is 14.3 Å². The van der Waals surface area contributed by atoms with Gasteiger partial charge in [-0.15, -0.1) is 0 Å². The normalized spacial score (nSPS) is 12.6. The van der Waals surface area contributed by atoms with Gasteiger partial charge in [0.1, 0.15) is 6.10 Å². The summed E-state index contributed by atoms with van der Waals surface area (Å²) in [6.07, 6.45) is 19.7. The van der Waals surface area contributed by atoms with Gasteiger partial charge in [0.15, 0.2) is 0 Å². The highest BCUT2D eigenvalue weighted by atomic mass is 16.6. The van der Waals surface area contributed by atoms with Gasteiger partial charge >= 0.3 is 5.97 Å². The molecule has 0 fully saturated rings. The minimum Gasteiger partial charge on any atom is -0.457 e. The van der Waals surface area contributed by atoms with Crippen molar-refractivity contribution < 1.29 is 19.4 Å². The summed E-state index contributed by atoms with van der Waals surface area (Å²) >= 11 is 0. The van der Waals surface area contributed by atoms with E-state index in [4.69, 9.17) is 14.6 Å². The van der Waals surface area contributed by atoms with Crippen molar-refractivity contribution in [3.8, 4) is 0 Å². The fraction of sp³-hybridized carbons (Fsp3) is 0.864. The van der Waals surface area contributed by atoms with Gasteiger partial charge in [0, 0.05) is 13.0 Å². The van der Waals surface area contributed by atoms with Crippen molar-refractivity contribution in [3.05, 3.63) is 12.2 Å². The molecule has 0 aliphatic heterocycles. The maximum absolute atomic E-state index is 11.2. The smallest absolute Gasteiger partial charge is 0.305 e. The first-order valence-electron chi connectivity index (χ1n) is 10.8. The predicted molar refractivity (Wildman–Crippen MR) is 108 cm³/mol. The van der Waals surface area contributed by atoms with Crippen molar-refractivity contribution in [2.45, 2.75) is 103 Å². The van der Waals surface area contributed by atoms with Crippen LogP contribution in [0.15, 0.2) is 12.2 Å². The molecule has 0 aliphatic carbocycles. The highest BCUT2D eigenvalue weighted by Crippen LogP contribution is 2.09. The van der Waals surface area contributed by atoms with Crippen LogP contribution in [0.2, 0.25) is 0 Å². The zero-order chi connectivity index (χ0) is 19.3. The molecule has 26 heavy (non-hydrogen) atoms. The zero-order valence-corrected chi connectivity index (χ0v) is 17.2. The van der Waals surface area contributed by atoms with Gasteiger partial charge in [0.25, 0.3) is 0 Å². The molecule has 1 unspecified atom stereocenters. The molecule has 0 radical (unpaired) electrons. The standard InChI is InChI=1S/C22H42O4/c1-3-5-6-7-8-9-10-11-12-13-14-15-16-17-18-25-20-21(19-23)26-22(24)4-2/h9-10,21,23H,3-8,11-20H2,1-2H3/b10-9-. The molecule has 0 aromatic heterocycles. The second kappa shape index (κ2) is 20.4. The van der Waals surface area contributed by atoms with Crippen molar-refractivity contribution in [2.75, 3.05) is 19.8 Å². The molecule has 0 bridgehead atoms. The van der Waals surface area contributed by atoms with E-state index in [9.17, 15) is 4.79 Å². The van der Waals surface area contributed by atoms with E-state index < -0.39 is 6.10 Å². The Bertz CT molecular complexity index is 328. The zero-order valence-electron chi connectivity index (χ0n) is 17.2. The van der Waals surface area contributed by atoms with Gasteiger partial charge in [-0.3, -0.25) is 4.79 Å². The molecule has 1 atom stereocenters. The maximum atomic E-state index is 11.2. The summed E-state index contributed by atoms with van der Waals surface area (Å²) in [5.41, 5.74) is 0. The van der Waals surface area contributed by atoms with E-state index in [1.165, 1.54) is 70.6 Å². The number of ether oxygens (including phenoxy) is 2. The Morgan fingerprint density at radius 1 is 0.885 bits per heavy atom. The van der Waals surface area contributed by atoms with Crippen LogP contribution in [0.25, 0.3) is 0 Å². The fourth-order valence-corrected chi connectivity index (χ4v) is 2.71. The van der Waals surface area contributed by atoms with E-state index in [0.29, 0.717) is 13.0 Å². The molecule has 0 rings (SSSR count). The van der Waals surface area contributed by atoms with E-state index in [2.05, 4.69) is 19.1 Å². The Hall–Kier alpha value is -0.870. The Morgan fingerprint density at radius 2 is 1.46 bits per heavy atom. The number of esters is 1. The molecular formula is C22H42O4. The molecule has 0 aromatic carbocycles. The minimum atomic E-state index is -0.526. The number of hydrogen-bond donors (Lipinski definition) is 1. The number of unbranched alkanes of at least 4 members (excludes halogenated alkanes) is 10. The number of aliphatic hydroxyl groups excluding tert-OH is 1. The summed E-state index contributed by atoms with van der Waals surface area (Å²) < 4.78 is 10.5. The SMILES string of the molecule is CCCCCC/C=C\CCCCCCCCOCC(CO)OC(=O)CC. The number of rotatable bonds is 19. The Morgan fingerprint density at radius 3 is 2.04 bits per heavy atom. The summed E-state index contributed by atoms with van der Waals surface area (Å²) in [4.78, 5) is 11.2. The van der Waals surface area contributed by atoms with Gasteiger partial charge in [0.05, 0.1) is 13.2 Å². The highest BCUT2D eigenvalue weighted by molar-refractivity contribution is 5.69. The van der Waals surface area contributed by atoms with E-state index >= 15 is 0 Å². The third-order valence-corrected chi connectivity index (χ3v) is 4.39. The number of aliphatic hydroxyl groups is 1. The molecule has 1 N–H and O–H groups in total. The number of carbonyl (C=O) groups is 1. The van der Waals surface area contributed by atoms with Crippen LogP contribution in [0.3, 0.4) is 0 Å². The molecule has 0 aliphatic rings. The van der Waals surface area contributed by atoms with Crippen LogP contribution in [0.1, 0.15) is 97.3 Å². The summed E-state index contributed by atoms with van der Waals surface area (Å²) in [6, 6.07) is 0. The van der Waals surface area contributed by atoms with Crippen LogP contribution in [0.5, 0.6) is 0 Å². The van der Waals surface area contributed by atoms with Crippen molar-refractivity contribution >= 4 is 5.97 Å². The van der Waals surface area contributed by atoms with E-state index in [-0.39, 0.29) is 19.2 Å². The summed E-state index contributed by atoms with van der Waals surface area (Å²) in [6.45, 7) is 4.76. The van der Waals surface area contributed by atoms with E-state index in [0.717, 1.165) is 6.42 Å². The van der Waals surface area contributed by atoms with Crippen LogP contribution in [-0.4, -0.2) is 37.0 Å². The molecule has 4 heteroatoms. The largest absolute Gasteiger partial charge is 0.457 e. The topological polar surface area (TPSA) is 55.8 Å². The third kappa shape index (κ3) is 17.9. The van der Waals surface area contributed by atoms with Gasteiger partial charge in [-0.1, -0.05) is 70.9 Å². The van der Waals surface area contributed by atoms with E-state index in [1.807, 2.05) is 0 Å². The molecule has 0 aromatic rings. The predicted octanol–water partition coefficient (Wildman–Crippen LogP) is 5.57. The first-order valence-corrected chi connectivity index (χ1v) is 10.8. The Kier molecular flexibility index (Phi) is 19.8. The second-order valence-corrected chi connectivity index (χ2v) is 6.95. The summed E-state index contributed by atoms with van der Waals surface area (Å²) in [5.74, 6) is -0.293. The molecule has 0 heterocycles. The summed E-state index contributed by atoms with van der Waals surface area (Å²) in [7, 11) is 0. The highest BCUT2D eigenvalue weighted by Gasteiger charge is 2.11. The molecular weight excluding hydrogens is 328 g/mol. The number of hydrogen-bond acceptors (Lipinski definition) is 4. The average Bonchev–Trinajstić information content (AvgIpc) is 2.66. The summed E-state index contributed by atoms with van der Waals surface area (Å²) in [5, 5.41) is 9.13. The lowest BCUT2D eigenvalue weighted by atomic mass is 10.1. The molecule has 0 saturated carbocycles. The molecule has 0 saturated heterocycles. The van der Waals surface area contributed by atoms with Crippen molar-refractivity contribution in [1.82, 2.24) is 0 Å². The Balaban J connectivity index is 3.28. The van der Waals surface area contributed by atoms with Crippen molar-refractivity contribution in [1.29, 1.82) is 0 Å². The van der Waals surface area contributed by atoms with Gasteiger partial charge < -0.3 is 14.6 Å². The van der Waals surface area contributed by atoms with Crippen LogP contribution < -0.4 is 0 Å². The van der Waals surface area contributed by atoms with Gasteiger partial charge in [-0.05, 0) is 32.1 Å². The van der Waals surface area contributed by atoms with Crippen molar-refractivity contribution in [2.24, 2.45) is 0 Å².